The molecule has 1 aliphatic heterocycles. The van der Waals surface area contributed by atoms with Gasteiger partial charge in [-0.15, -0.1) is 12.4 Å². The maximum atomic E-state index is 11.4. The van der Waals surface area contributed by atoms with E-state index in [4.69, 9.17) is 4.74 Å². The van der Waals surface area contributed by atoms with Gasteiger partial charge in [0, 0.05) is 11.6 Å². The van der Waals surface area contributed by atoms with Crippen LogP contribution in [0.5, 0.6) is 0 Å². The van der Waals surface area contributed by atoms with Crippen LogP contribution in [0.15, 0.2) is 0 Å². The van der Waals surface area contributed by atoms with Crippen LogP contribution in [-0.2, 0) is 4.74 Å². The molecule has 1 saturated carbocycles. The second-order valence-corrected chi connectivity index (χ2v) is 5.71. The first-order valence-corrected chi connectivity index (χ1v) is 5.63. The van der Waals surface area contributed by atoms with E-state index in [1.165, 1.54) is 6.42 Å². The first kappa shape index (κ1) is 13.6. The molecule has 1 aliphatic carbocycles. The largest absolute Gasteiger partial charge is 0.444 e. The van der Waals surface area contributed by atoms with Crippen LogP contribution < -0.4 is 10.6 Å². The van der Waals surface area contributed by atoms with Crippen LogP contribution in [0.25, 0.3) is 0 Å². The highest BCUT2D eigenvalue weighted by atomic mass is 35.5. The molecule has 0 aromatic carbocycles. The second kappa shape index (κ2) is 4.41. The number of hydrogen-bond acceptors (Lipinski definition) is 3. The van der Waals surface area contributed by atoms with Gasteiger partial charge in [0.1, 0.15) is 5.60 Å². The van der Waals surface area contributed by atoms with Crippen LogP contribution in [0.1, 0.15) is 40.0 Å². The molecule has 2 rings (SSSR count). The Hall–Kier alpha value is -0.480. The summed E-state index contributed by atoms with van der Waals surface area (Å²) in [6, 6.07) is 0.299. The van der Waals surface area contributed by atoms with E-state index in [1.807, 2.05) is 20.8 Å². The Kier molecular flexibility index (Phi) is 3.75. The van der Waals surface area contributed by atoms with Gasteiger partial charge in [-0.05, 0) is 46.6 Å². The number of hydrogen-bond donors (Lipinski definition) is 2. The van der Waals surface area contributed by atoms with Gasteiger partial charge in [0.2, 0.25) is 0 Å². The summed E-state index contributed by atoms with van der Waals surface area (Å²) in [7, 11) is 0. The summed E-state index contributed by atoms with van der Waals surface area (Å²) in [6.45, 7) is 6.76. The molecule has 0 atom stereocenters. The van der Waals surface area contributed by atoms with Gasteiger partial charge in [-0.25, -0.2) is 4.79 Å². The molecule has 2 aliphatic rings. The quantitative estimate of drug-likeness (QED) is 0.744. The molecule has 94 valence electrons. The Morgan fingerprint density at radius 3 is 2.38 bits per heavy atom. The lowest BCUT2D eigenvalue weighted by molar-refractivity contribution is 0.0283. The molecule has 1 spiro atoms. The molecule has 4 nitrogen and oxygen atoms in total. The van der Waals surface area contributed by atoms with Crippen molar-refractivity contribution >= 4 is 18.5 Å². The summed E-state index contributed by atoms with van der Waals surface area (Å²) >= 11 is 0. The Balaban J connectivity index is 0.00000128. The third-order valence-electron chi connectivity index (χ3n) is 3.10. The van der Waals surface area contributed by atoms with Gasteiger partial charge in [0.25, 0.3) is 0 Å². The van der Waals surface area contributed by atoms with Crippen LogP contribution in [0, 0.1) is 0 Å². The van der Waals surface area contributed by atoms with E-state index in [9.17, 15) is 4.79 Å². The third kappa shape index (κ3) is 3.01. The van der Waals surface area contributed by atoms with E-state index in [0.717, 1.165) is 19.4 Å². The van der Waals surface area contributed by atoms with Crippen molar-refractivity contribution in [3.8, 4) is 0 Å². The first-order chi connectivity index (χ1) is 6.89. The SMILES string of the molecule is CC(C)(C)OC(=O)NC1CC2(CCN2)C1.Cl. The van der Waals surface area contributed by atoms with Crippen molar-refractivity contribution in [2.75, 3.05) is 6.54 Å². The number of halogens is 1. The minimum Gasteiger partial charge on any atom is -0.444 e. The topological polar surface area (TPSA) is 50.4 Å². The smallest absolute Gasteiger partial charge is 0.407 e. The third-order valence-corrected chi connectivity index (χ3v) is 3.10. The highest BCUT2D eigenvalue weighted by molar-refractivity contribution is 5.85. The Labute approximate surface area is 103 Å². The molecule has 0 aromatic rings. The summed E-state index contributed by atoms with van der Waals surface area (Å²) in [4.78, 5) is 11.4. The zero-order valence-corrected chi connectivity index (χ0v) is 10.9. The molecular formula is C11H21ClN2O2. The zero-order chi connectivity index (χ0) is 11.1. The maximum Gasteiger partial charge on any atom is 0.407 e. The number of amides is 1. The first-order valence-electron chi connectivity index (χ1n) is 5.63. The average Bonchev–Trinajstić information content (AvgIpc) is 1.87. The van der Waals surface area contributed by atoms with Crippen molar-refractivity contribution in [2.24, 2.45) is 0 Å². The lowest BCUT2D eigenvalue weighted by Gasteiger charge is -2.54. The number of rotatable bonds is 1. The van der Waals surface area contributed by atoms with Crippen LogP contribution >= 0.6 is 12.4 Å². The molecule has 1 saturated heterocycles. The number of carbonyl (C=O) groups is 1. The second-order valence-electron chi connectivity index (χ2n) is 5.71. The molecule has 0 aromatic heterocycles. The number of ether oxygens (including phenoxy) is 1. The van der Waals surface area contributed by atoms with Gasteiger partial charge in [-0.1, -0.05) is 0 Å². The van der Waals surface area contributed by atoms with Gasteiger partial charge in [0.05, 0.1) is 0 Å². The normalized spacial score (nSPS) is 32.1. The van der Waals surface area contributed by atoms with Gasteiger partial charge < -0.3 is 15.4 Å². The standard InChI is InChI=1S/C11H20N2O2.ClH/c1-10(2,3)15-9(14)13-8-6-11(7-8)4-5-12-11;/h8,12H,4-7H2,1-3H3,(H,13,14);1H. The van der Waals surface area contributed by atoms with Crippen molar-refractivity contribution in [1.29, 1.82) is 0 Å². The fourth-order valence-corrected chi connectivity index (χ4v) is 2.29. The molecule has 0 bridgehead atoms. The highest BCUT2D eigenvalue weighted by Crippen LogP contribution is 2.39. The summed E-state index contributed by atoms with van der Waals surface area (Å²) in [5.74, 6) is 0. The summed E-state index contributed by atoms with van der Waals surface area (Å²) in [6.07, 6.45) is 3.06. The molecule has 0 radical (unpaired) electrons. The van der Waals surface area contributed by atoms with Crippen molar-refractivity contribution in [3.05, 3.63) is 0 Å². The van der Waals surface area contributed by atoms with E-state index < -0.39 is 5.60 Å². The minimum absolute atomic E-state index is 0. The van der Waals surface area contributed by atoms with Gasteiger partial charge in [-0.2, -0.15) is 0 Å². The molecule has 1 heterocycles. The van der Waals surface area contributed by atoms with Crippen LogP contribution in [-0.4, -0.2) is 29.8 Å². The van der Waals surface area contributed by atoms with Crippen molar-refractivity contribution < 1.29 is 9.53 Å². The number of carbonyl (C=O) groups excluding carboxylic acids is 1. The molecule has 2 fully saturated rings. The molecule has 0 unspecified atom stereocenters. The molecule has 16 heavy (non-hydrogen) atoms. The van der Waals surface area contributed by atoms with Crippen LogP contribution in [0.3, 0.4) is 0 Å². The fraction of sp³-hybridized carbons (Fsp3) is 0.909. The van der Waals surface area contributed by atoms with E-state index in [-0.39, 0.29) is 18.5 Å². The molecular weight excluding hydrogens is 228 g/mol. The monoisotopic (exact) mass is 248 g/mol. The lowest BCUT2D eigenvalue weighted by atomic mass is 9.66. The number of alkyl carbamates (subject to hydrolysis) is 1. The van der Waals surface area contributed by atoms with Crippen LogP contribution in [0.4, 0.5) is 4.79 Å². The zero-order valence-electron chi connectivity index (χ0n) is 10.1. The van der Waals surface area contributed by atoms with E-state index in [2.05, 4.69) is 10.6 Å². The van der Waals surface area contributed by atoms with E-state index in [0.29, 0.717) is 11.6 Å². The van der Waals surface area contributed by atoms with Crippen molar-refractivity contribution in [1.82, 2.24) is 10.6 Å². The van der Waals surface area contributed by atoms with Gasteiger partial charge in [0.15, 0.2) is 0 Å². The Bertz CT molecular complexity index is 264. The fourth-order valence-electron chi connectivity index (χ4n) is 2.29. The molecule has 2 N–H and O–H groups in total. The van der Waals surface area contributed by atoms with E-state index >= 15 is 0 Å². The summed E-state index contributed by atoms with van der Waals surface area (Å²) in [5.41, 5.74) is -0.0417. The highest BCUT2D eigenvalue weighted by Gasteiger charge is 2.48. The lowest BCUT2D eigenvalue weighted by Crippen LogP contribution is -2.69. The molecule has 5 heteroatoms. The minimum atomic E-state index is -0.403. The summed E-state index contributed by atoms with van der Waals surface area (Å²) < 4.78 is 5.19. The maximum absolute atomic E-state index is 11.4. The van der Waals surface area contributed by atoms with Gasteiger partial charge >= 0.3 is 6.09 Å². The van der Waals surface area contributed by atoms with Crippen molar-refractivity contribution in [3.63, 3.8) is 0 Å². The van der Waals surface area contributed by atoms with Gasteiger partial charge in [-0.3, -0.25) is 0 Å². The Morgan fingerprint density at radius 1 is 1.44 bits per heavy atom. The predicted molar refractivity (Wildman–Crippen MR) is 65.0 cm³/mol. The van der Waals surface area contributed by atoms with Crippen molar-refractivity contribution in [2.45, 2.75) is 57.2 Å². The van der Waals surface area contributed by atoms with Crippen LogP contribution in [0.2, 0.25) is 0 Å². The predicted octanol–water partition coefficient (Wildman–Crippen LogP) is 1.83. The Morgan fingerprint density at radius 2 is 2.00 bits per heavy atom. The molecule has 1 amide bonds. The summed E-state index contributed by atoms with van der Waals surface area (Å²) in [5, 5.41) is 6.31. The van der Waals surface area contributed by atoms with E-state index in [1.54, 1.807) is 0 Å². The number of nitrogens with one attached hydrogen (secondary N) is 2. The average molecular weight is 249 g/mol.